The standard InChI is InChI=1S/C12H26N2O/c1-6-12(5,13)9-14-7-10(2)15-11(3,4)8-14/h10H,6-9,13H2,1-5H3. The van der Waals surface area contributed by atoms with Crippen molar-refractivity contribution in [3.8, 4) is 0 Å². The molecule has 3 nitrogen and oxygen atoms in total. The maximum atomic E-state index is 6.20. The zero-order valence-corrected chi connectivity index (χ0v) is 10.8. The molecule has 0 aromatic rings. The van der Waals surface area contributed by atoms with E-state index >= 15 is 0 Å². The first kappa shape index (κ1) is 12.9. The van der Waals surface area contributed by atoms with E-state index in [9.17, 15) is 0 Å². The van der Waals surface area contributed by atoms with Gasteiger partial charge in [-0.15, -0.1) is 0 Å². The molecule has 1 fully saturated rings. The molecule has 3 heteroatoms. The number of ether oxygens (including phenoxy) is 1. The summed E-state index contributed by atoms with van der Waals surface area (Å²) in [5.74, 6) is 0. The highest BCUT2D eigenvalue weighted by Crippen LogP contribution is 2.22. The Balaban J connectivity index is 2.56. The molecule has 1 heterocycles. The Morgan fingerprint density at radius 3 is 2.60 bits per heavy atom. The minimum atomic E-state index is -0.0762. The van der Waals surface area contributed by atoms with Gasteiger partial charge in [0.05, 0.1) is 11.7 Å². The molecule has 0 radical (unpaired) electrons. The van der Waals surface area contributed by atoms with Crippen LogP contribution in [0.5, 0.6) is 0 Å². The molecule has 1 saturated heterocycles. The van der Waals surface area contributed by atoms with E-state index in [1.54, 1.807) is 0 Å². The van der Waals surface area contributed by atoms with Gasteiger partial charge in [-0.1, -0.05) is 6.92 Å². The second-order valence-electron chi connectivity index (χ2n) is 5.87. The molecule has 0 aromatic heterocycles. The Morgan fingerprint density at radius 1 is 1.53 bits per heavy atom. The first-order valence-corrected chi connectivity index (χ1v) is 5.93. The van der Waals surface area contributed by atoms with E-state index in [4.69, 9.17) is 10.5 Å². The summed E-state index contributed by atoms with van der Waals surface area (Å²) in [6.07, 6.45) is 1.32. The fourth-order valence-corrected chi connectivity index (χ4v) is 2.33. The van der Waals surface area contributed by atoms with E-state index in [0.717, 1.165) is 26.1 Å². The summed E-state index contributed by atoms with van der Waals surface area (Å²) < 4.78 is 5.87. The van der Waals surface area contributed by atoms with Gasteiger partial charge in [-0.3, -0.25) is 4.90 Å². The van der Waals surface area contributed by atoms with Gasteiger partial charge >= 0.3 is 0 Å². The molecule has 0 spiro atoms. The van der Waals surface area contributed by atoms with Gasteiger partial charge in [0, 0.05) is 25.2 Å². The van der Waals surface area contributed by atoms with Crippen molar-refractivity contribution in [1.29, 1.82) is 0 Å². The van der Waals surface area contributed by atoms with Crippen molar-refractivity contribution in [2.24, 2.45) is 5.73 Å². The first-order valence-electron chi connectivity index (χ1n) is 5.93. The molecule has 2 atom stereocenters. The molecule has 15 heavy (non-hydrogen) atoms. The van der Waals surface area contributed by atoms with Crippen LogP contribution in [-0.2, 0) is 4.74 Å². The Kier molecular flexibility index (Phi) is 3.80. The van der Waals surface area contributed by atoms with Crippen molar-refractivity contribution in [1.82, 2.24) is 4.90 Å². The van der Waals surface area contributed by atoms with Crippen molar-refractivity contribution in [2.75, 3.05) is 19.6 Å². The lowest BCUT2D eigenvalue weighted by Gasteiger charge is -2.44. The molecule has 90 valence electrons. The van der Waals surface area contributed by atoms with Crippen molar-refractivity contribution >= 4 is 0 Å². The van der Waals surface area contributed by atoms with E-state index in [0.29, 0.717) is 6.10 Å². The smallest absolute Gasteiger partial charge is 0.0757 e. The topological polar surface area (TPSA) is 38.5 Å². The van der Waals surface area contributed by atoms with Crippen molar-refractivity contribution in [3.05, 3.63) is 0 Å². The molecular formula is C12H26N2O. The number of nitrogens with zero attached hydrogens (tertiary/aromatic N) is 1. The van der Waals surface area contributed by atoms with Crippen LogP contribution < -0.4 is 5.73 Å². The van der Waals surface area contributed by atoms with Crippen LogP contribution in [0.1, 0.15) is 41.0 Å². The Morgan fingerprint density at radius 2 is 2.13 bits per heavy atom. The van der Waals surface area contributed by atoms with Gasteiger partial charge in [-0.25, -0.2) is 0 Å². The highest BCUT2D eigenvalue weighted by atomic mass is 16.5. The highest BCUT2D eigenvalue weighted by Gasteiger charge is 2.33. The molecule has 0 aliphatic carbocycles. The number of hydrogen-bond donors (Lipinski definition) is 1. The summed E-state index contributed by atoms with van der Waals surface area (Å²) in [6, 6.07) is 0. The molecule has 1 aliphatic heterocycles. The quantitative estimate of drug-likeness (QED) is 0.776. The van der Waals surface area contributed by atoms with Crippen molar-refractivity contribution in [2.45, 2.75) is 58.3 Å². The number of morpholine rings is 1. The second kappa shape index (κ2) is 4.40. The minimum Gasteiger partial charge on any atom is -0.370 e. The maximum Gasteiger partial charge on any atom is 0.0757 e. The average Bonchev–Trinajstić information content (AvgIpc) is 1.99. The zero-order chi connectivity index (χ0) is 11.7. The molecular weight excluding hydrogens is 188 g/mol. The molecule has 0 amide bonds. The highest BCUT2D eigenvalue weighted by molar-refractivity contribution is 4.88. The summed E-state index contributed by atoms with van der Waals surface area (Å²) in [7, 11) is 0. The third kappa shape index (κ3) is 4.09. The lowest BCUT2D eigenvalue weighted by molar-refractivity contribution is -0.131. The lowest BCUT2D eigenvalue weighted by Crippen LogP contribution is -2.57. The summed E-state index contributed by atoms with van der Waals surface area (Å²) in [5, 5.41) is 0. The zero-order valence-electron chi connectivity index (χ0n) is 10.8. The Hall–Kier alpha value is -0.120. The van der Waals surface area contributed by atoms with Crippen LogP contribution in [0.4, 0.5) is 0 Å². The fraction of sp³-hybridized carbons (Fsp3) is 1.00. The van der Waals surface area contributed by atoms with Gasteiger partial charge in [0.2, 0.25) is 0 Å². The molecule has 0 saturated carbocycles. The number of rotatable bonds is 3. The Bertz CT molecular complexity index is 214. The molecule has 0 aromatic carbocycles. The third-order valence-corrected chi connectivity index (χ3v) is 3.03. The van der Waals surface area contributed by atoms with Gasteiger partial charge in [0.15, 0.2) is 0 Å². The molecule has 1 aliphatic rings. The third-order valence-electron chi connectivity index (χ3n) is 3.03. The van der Waals surface area contributed by atoms with Crippen LogP contribution in [0, 0.1) is 0 Å². The van der Waals surface area contributed by atoms with Crippen LogP contribution in [-0.4, -0.2) is 41.8 Å². The maximum absolute atomic E-state index is 6.20. The predicted molar refractivity (Wildman–Crippen MR) is 63.9 cm³/mol. The molecule has 0 bridgehead atoms. The van der Waals surface area contributed by atoms with Gasteiger partial charge < -0.3 is 10.5 Å². The van der Waals surface area contributed by atoms with E-state index in [1.165, 1.54) is 0 Å². The van der Waals surface area contributed by atoms with Crippen LogP contribution in [0.25, 0.3) is 0 Å². The predicted octanol–water partition coefficient (Wildman–Crippen LogP) is 1.61. The normalized spacial score (nSPS) is 31.2. The van der Waals surface area contributed by atoms with E-state index in [-0.39, 0.29) is 11.1 Å². The lowest BCUT2D eigenvalue weighted by atomic mass is 9.97. The van der Waals surface area contributed by atoms with E-state index in [2.05, 4.69) is 39.5 Å². The largest absolute Gasteiger partial charge is 0.370 e. The summed E-state index contributed by atoms with van der Waals surface area (Å²) in [4.78, 5) is 2.43. The van der Waals surface area contributed by atoms with E-state index < -0.39 is 0 Å². The van der Waals surface area contributed by atoms with Crippen LogP contribution in [0.2, 0.25) is 0 Å². The first-order chi connectivity index (χ1) is 6.74. The average molecular weight is 214 g/mol. The van der Waals surface area contributed by atoms with Gasteiger partial charge in [-0.05, 0) is 34.1 Å². The van der Waals surface area contributed by atoms with Gasteiger partial charge in [0.1, 0.15) is 0 Å². The van der Waals surface area contributed by atoms with Gasteiger partial charge in [0.25, 0.3) is 0 Å². The number of nitrogens with two attached hydrogens (primary N) is 1. The summed E-state index contributed by atoms with van der Waals surface area (Å²) in [6.45, 7) is 13.6. The SMILES string of the molecule is CCC(C)(N)CN1CC(C)OC(C)(C)C1. The monoisotopic (exact) mass is 214 g/mol. The van der Waals surface area contributed by atoms with Crippen molar-refractivity contribution in [3.63, 3.8) is 0 Å². The molecule has 1 rings (SSSR count). The Labute approximate surface area is 94.0 Å². The van der Waals surface area contributed by atoms with Crippen LogP contribution in [0.3, 0.4) is 0 Å². The number of hydrogen-bond acceptors (Lipinski definition) is 3. The van der Waals surface area contributed by atoms with Crippen molar-refractivity contribution < 1.29 is 4.74 Å². The van der Waals surface area contributed by atoms with E-state index in [1.807, 2.05) is 0 Å². The van der Waals surface area contributed by atoms with Crippen LogP contribution in [0.15, 0.2) is 0 Å². The summed E-state index contributed by atoms with van der Waals surface area (Å²) >= 11 is 0. The molecule has 2 unspecified atom stereocenters. The van der Waals surface area contributed by atoms with Gasteiger partial charge in [-0.2, -0.15) is 0 Å². The molecule has 2 N–H and O–H groups in total. The fourth-order valence-electron chi connectivity index (χ4n) is 2.33. The second-order valence-corrected chi connectivity index (χ2v) is 5.87. The van der Waals surface area contributed by atoms with Crippen LogP contribution >= 0.6 is 0 Å². The minimum absolute atomic E-state index is 0.0402. The summed E-state index contributed by atoms with van der Waals surface area (Å²) in [5.41, 5.74) is 6.08.